The van der Waals surface area contributed by atoms with Gasteiger partial charge >= 0.3 is 0 Å². The molecule has 0 amide bonds. The van der Waals surface area contributed by atoms with Crippen molar-refractivity contribution in [2.75, 3.05) is 6.61 Å². The predicted octanol–water partition coefficient (Wildman–Crippen LogP) is 0.450. The second kappa shape index (κ2) is 1.69. The fourth-order valence-corrected chi connectivity index (χ4v) is 3.52. The van der Waals surface area contributed by atoms with Gasteiger partial charge in [0.25, 0.3) is 0 Å². The topological polar surface area (TPSA) is 37.3 Å². The number of hydrogen-bond donors (Lipinski definition) is 1. The van der Waals surface area contributed by atoms with E-state index in [0.717, 1.165) is 18.8 Å². The van der Waals surface area contributed by atoms with Crippen LogP contribution in [0.4, 0.5) is 0 Å². The van der Waals surface area contributed by atoms with Gasteiger partial charge in [-0.05, 0) is 30.1 Å². The van der Waals surface area contributed by atoms with Crippen molar-refractivity contribution in [1.82, 2.24) is 0 Å². The molecule has 2 nitrogen and oxygen atoms in total. The first-order valence-electron chi connectivity index (χ1n) is 4.46. The Morgan fingerprint density at radius 3 is 2.91 bits per heavy atom. The first-order chi connectivity index (χ1) is 5.33. The average molecular weight is 152 g/mol. The molecule has 0 radical (unpaired) electrons. The number of fused-ring (bicyclic) bond motifs is 5. The van der Waals surface area contributed by atoms with Crippen molar-refractivity contribution in [3.63, 3.8) is 0 Å². The van der Waals surface area contributed by atoms with E-state index in [2.05, 4.69) is 0 Å². The lowest BCUT2D eigenvalue weighted by Crippen LogP contribution is -2.11. The molecule has 0 spiro atoms. The predicted molar refractivity (Wildman–Crippen MR) is 38.8 cm³/mol. The van der Waals surface area contributed by atoms with Gasteiger partial charge in [-0.15, -0.1) is 0 Å². The first kappa shape index (κ1) is 6.18. The Kier molecular flexibility index (Phi) is 0.947. The van der Waals surface area contributed by atoms with Crippen molar-refractivity contribution in [1.29, 1.82) is 0 Å². The Labute approximate surface area is 65.6 Å². The van der Waals surface area contributed by atoms with E-state index in [0.29, 0.717) is 36.1 Å². The smallest absolute Gasteiger partial charge is 0.136 e. The van der Waals surface area contributed by atoms with E-state index >= 15 is 0 Å². The minimum Gasteiger partial charge on any atom is -0.396 e. The molecule has 0 aliphatic heterocycles. The summed E-state index contributed by atoms with van der Waals surface area (Å²) in [4.78, 5) is 11.3. The van der Waals surface area contributed by atoms with Crippen molar-refractivity contribution in [3.05, 3.63) is 0 Å². The van der Waals surface area contributed by atoms with E-state index in [1.165, 1.54) is 0 Å². The quantitative estimate of drug-likeness (QED) is 0.592. The maximum absolute atomic E-state index is 11.3. The summed E-state index contributed by atoms with van der Waals surface area (Å²) in [5.74, 6) is 3.35. The summed E-state index contributed by atoms with van der Waals surface area (Å²) in [6, 6.07) is 0. The van der Waals surface area contributed by atoms with E-state index in [-0.39, 0.29) is 0 Å². The molecule has 3 aliphatic rings. The van der Waals surface area contributed by atoms with Crippen molar-refractivity contribution >= 4 is 5.78 Å². The molecule has 0 aromatic rings. The van der Waals surface area contributed by atoms with Crippen molar-refractivity contribution < 1.29 is 9.90 Å². The van der Waals surface area contributed by atoms with Crippen LogP contribution < -0.4 is 0 Å². The van der Waals surface area contributed by atoms with Gasteiger partial charge in [0.1, 0.15) is 5.78 Å². The van der Waals surface area contributed by atoms with E-state index in [4.69, 9.17) is 5.11 Å². The standard InChI is InChI=1S/C9H12O2/c10-3-6-8-4-1-5(9(6)8)7(11)2-4/h4-6,8-10H,1-3H2/t4-,5+,6+,8+,9-/m0/s1. The number of ketones is 1. The molecule has 3 aliphatic carbocycles. The van der Waals surface area contributed by atoms with E-state index in [9.17, 15) is 4.79 Å². The van der Waals surface area contributed by atoms with Gasteiger partial charge in [-0.1, -0.05) is 0 Å². The third kappa shape index (κ3) is 0.560. The van der Waals surface area contributed by atoms with Crippen LogP contribution in [0.25, 0.3) is 0 Å². The van der Waals surface area contributed by atoms with Crippen LogP contribution in [-0.4, -0.2) is 17.5 Å². The zero-order chi connectivity index (χ0) is 7.59. The number of Topliss-reactive ketones (excluding diaryl/α,β-unsaturated/α-hetero) is 1. The lowest BCUT2D eigenvalue weighted by Gasteiger charge is -2.03. The maximum atomic E-state index is 11.3. The molecule has 60 valence electrons. The molecule has 2 heteroatoms. The van der Waals surface area contributed by atoms with Crippen LogP contribution in [0, 0.1) is 29.6 Å². The summed E-state index contributed by atoms with van der Waals surface area (Å²) in [6.07, 6.45) is 1.97. The normalized spacial score (nSPS) is 58.3. The van der Waals surface area contributed by atoms with Crippen LogP contribution in [0.15, 0.2) is 0 Å². The van der Waals surface area contributed by atoms with Gasteiger partial charge in [-0.2, -0.15) is 0 Å². The van der Waals surface area contributed by atoms with Crippen LogP contribution in [0.1, 0.15) is 12.8 Å². The molecule has 1 N–H and O–H groups in total. The van der Waals surface area contributed by atoms with Gasteiger partial charge < -0.3 is 5.11 Å². The SMILES string of the molecule is O=C1C[C@@H]2C[C@H]1[C@H]1[C@H](CO)[C@@H]21. The zero-order valence-corrected chi connectivity index (χ0v) is 6.36. The van der Waals surface area contributed by atoms with Crippen LogP contribution >= 0.6 is 0 Å². The summed E-state index contributed by atoms with van der Waals surface area (Å²) in [7, 11) is 0. The van der Waals surface area contributed by atoms with Gasteiger partial charge in [0, 0.05) is 18.9 Å². The third-order valence-electron chi connectivity index (χ3n) is 3.95. The van der Waals surface area contributed by atoms with Crippen LogP contribution in [-0.2, 0) is 4.79 Å². The molecule has 0 aromatic carbocycles. The highest BCUT2D eigenvalue weighted by molar-refractivity contribution is 5.85. The molecular weight excluding hydrogens is 140 g/mol. The Balaban J connectivity index is 1.88. The van der Waals surface area contributed by atoms with Gasteiger partial charge in [-0.25, -0.2) is 0 Å². The molecule has 3 rings (SSSR count). The van der Waals surface area contributed by atoms with Crippen LogP contribution in [0.2, 0.25) is 0 Å². The fraction of sp³-hybridized carbons (Fsp3) is 0.889. The van der Waals surface area contributed by atoms with Gasteiger partial charge in [0.15, 0.2) is 0 Å². The monoisotopic (exact) mass is 152 g/mol. The third-order valence-corrected chi connectivity index (χ3v) is 3.95. The molecule has 5 atom stereocenters. The molecule has 2 bridgehead atoms. The van der Waals surface area contributed by atoms with E-state index in [1.807, 2.05) is 0 Å². The number of carbonyl (C=O) groups is 1. The largest absolute Gasteiger partial charge is 0.396 e. The minimum absolute atomic E-state index is 0.315. The molecular formula is C9H12O2. The Bertz CT molecular complexity index is 224. The molecule has 0 saturated heterocycles. The Morgan fingerprint density at radius 1 is 1.45 bits per heavy atom. The number of rotatable bonds is 1. The van der Waals surface area contributed by atoms with Crippen LogP contribution in [0.3, 0.4) is 0 Å². The fourth-order valence-electron chi connectivity index (χ4n) is 3.52. The lowest BCUT2D eigenvalue weighted by atomic mass is 10.00. The van der Waals surface area contributed by atoms with Gasteiger partial charge in [0.05, 0.1) is 0 Å². The number of hydrogen-bond acceptors (Lipinski definition) is 2. The molecule has 11 heavy (non-hydrogen) atoms. The van der Waals surface area contributed by atoms with E-state index < -0.39 is 0 Å². The maximum Gasteiger partial charge on any atom is 0.136 e. The summed E-state index contributed by atoms with van der Waals surface area (Å²) in [5, 5.41) is 8.95. The first-order valence-corrected chi connectivity index (χ1v) is 4.46. The summed E-state index contributed by atoms with van der Waals surface area (Å²) in [5.41, 5.74) is 0. The lowest BCUT2D eigenvalue weighted by molar-refractivity contribution is -0.122. The zero-order valence-electron chi connectivity index (χ0n) is 6.36. The van der Waals surface area contributed by atoms with Gasteiger partial charge in [-0.3, -0.25) is 4.79 Å². The summed E-state index contributed by atoms with van der Waals surface area (Å²) in [6.45, 7) is 0.315. The van der Waals surface area contributed by atoms with Crippen molar-refractivity contribution in [2.24, 2.45) is 29.6 Å². The summed E-state index contributed by atoms with van der Waals surface area (Å²) < 4.78 is 0. The van der Waals surface area contributed by atoms with Crippen molar-refractivity contribution in [3.8, 4) is 0 Å². The highest BCUT2D eigenvalue weighted by Crippen LogP contribution is 2.67. The van der Waals surface area contributed by atoms with Crippen LogP contribution in [0.5, 0.6) is 0 Å². The average Bonchev–Trinajstić information content (AvgIpc) is 2.48. The van der Waals surface area contributed by atoms with E-state index in [1.54, 1.807) is 0 Å². The Hall–Kier alpha value is -0.370. The Morgan fingerprint density at radius 2 is 2.27 bits per heavy atom. The highest BCUT2D eigenvalue weighted by atomic mass is 16.3. The second-order valence-corrected chi connectivity index (χ2v) is 4.27. The van der Waals surface area contributed by atoms with Crippen molar-refractivity contribution in [2.45, 2.75) is 12.8 Å². The molecule has 0 aromatic heterocycles. The molecule has 0 heterocycles. The summed E-state index contributed by atoms with van der Waals surface area (Å²) >= 11 is 0. The minimum atomic E-state index is 0.315. The number of aliphatic hydroxyl groups excluding tert-OH is 1. The highest BCUT2D eigenvalue weighted by Gasteiger charge is 2.67. The second-order valence-electron chi connectivity index (χ2n) is 4.27. The van der Waals surface area contributed by atoms with Gasteiger partial charge in [0.2, 0.25) is 0 Å². The number of carbonyl (C=O) groups excluding carboxylic acids is 1. The molecule has 3 fully saturated rings. The molecule has 0 unspecified atom stereocenters. The number of aliphatic hydroxyl groups is 1. The molecule has 3 saturated carbocycles.